The number of rotatable bonds is 0. The Labute approximate surface area is 30.1 Å². The minimum atomic E-state index is 0.634. The molecule has 2 heteroatoms. The molecule has 0 aromatic carbocycles. The smallest absolute Gasteiger partial charge is 0.141 e. The molecule has 1 unspecified atom stereocenters. The van der Waals surface area contributed by atoms with E-state index in [0.29, 0.717) is 6.17 Å². The van der Waals surface area contributed by atoms with Crippen LogP contribution in [0.25, 0.3) is 0 Å². The van der Waals surface area contributed by atoms with Gasteiger partial charge in [0, 0.05) is 0 Å². The summed E-state index contributed by atoms with van der Waals surface area (Å²) in [4.78, 5) is 6.12. The molecule has 0 amide bonds. The summed E-state index contributed by atoms with van der Waals surface area (Å²) in [5.74, 6) is 0. The van der Waals surface area contributed by atoms with E-state index in [-0.39, 0.29) is 0 Å². The molecule has 26 valence electrons. The third-order valence-electron chi connectivity index (χ3n) is 1.01. The molecule has 0 aliphatic carbocycles. The van der Waals surface area contributed by atoms with Crippen LogP contribution in [0.2, 0.25) is 0 Å². The third-order valence-corrected chi connectivity index (χ3v) is 1.01. The molecule has 0 aromatic heterocycles. The molecule has 5 heavy (non-hydrogen) atoms. The molecule has 0 bridgehead atoms. The molecule has 2 rings (SSSR count). The highest BCUT2D eigenvalue weighted by atomic mass is 15.5. The van der Waals surface area contributed by atoms with E-state index in [1.165, 1.54) is 6.54 Å². The molecule has 2 nitrogen and oxygen atoms in total. The topological polar surface area (TPSA) is 15.4 Å². The molecule has 2 heterocycles. The largest absolute Gasteiger partial charge is 0.335 e. The lowest BCUT2D eigenvalue weighted by molar-refractivity contribution is 0.697. The van der Waals surface area contributed by atoms with Gasteiger partial charge in [-0.05, 0) is 0 Å². The van der Waals surface area contributed by atoms with Crippen molar-refractivity contribution in [3.05, 3.63) is 0 Å². The van der Waals surface area contributed by atoms with E-state index in [9.17, 15) is 0 Å². The van der Waals surface area contributed by atoms with Gasteiger partial charge in [0.05, 0.1) is 12.9 Å². The number of hydrogen-bond acceptors (Lipinski definition) is 2. The summed E-state index contributed by atoms with van der Waals surface area (Å²) in [6.45, 7) is 1.19. The summed E-state index contributed by atoms with van der Waals surface area (Å²) >= 11 is 0. The molecular weight excluding hydrogens is 64.0 g/mol. The Kier molecular flexibility index (Phi) is 0.106. The molecule has 0 saturated carbocycles. The first-order valence-electron chi connectivity index (χ1n) is 1.76. The Balaban J connectivity index is 2.46. The molecular formula is C3H4N2. The summed E-state index contributed by atoms with van der Waals surface area (Å²) in [6, 6.07) is 0. The van der Waals surface area contributed by atoms with Gasteiger partial charge in [-0.25, -0.2) is 4.99 Å². The number of fused-ring (bicyclic) bond motifs is 1. The minimum Gasteiger partial charge on any atom is -0.335 e. The quantitative estimate of drug-likeness (QED) is 0.355. The summed E-state index contributed by atoms with van der Waals surface area (Å²) in [5, 5.41) is 0. The fraction of sp³-hybridized carbons (Fsp3) is 0.667. The SMILES string of the molecule is C1=NC2CN12. The van der Waals surface area contributed by atoms with Gasteiger partial charge in [0.25, 0.3) is 0 Å². The van der Waals surface area contributed by atoms with E-state index < -0.39 is 0 Å². The van der Waals surface area contributed by atoms with Crippen molar-refractivity contribution in [1.82, 2.24) is 4.90 Å². The summed E-state index contributed by atoms with van der Waals surface area (Å²) in [5.41, 5.74) is 0. The van der Waals surface area contributed by atoms with Gasteiger partial charge in [-0.1, -0.05) is 0 Å². The van der Waals surface area contributed by atoms with E-state index in [4.69, 9.17) is 0 Å². The summed E-state index contributed by atoms with van der Waals surface area (Å²) in [7, 11) is 0. The van der Waals surface area contributed by atoms with Gasteiger partial charge in [-0.15, -0.1) is 0 Å². The average molecular weight is 68.1 g/mol. The molecule has 1 atom stereocenters. The lowest BCUT2D eigenvalue weighted by Gasteiger charge is -1.97. The highest BCUT2D eigenvalue weighted by molar-refractivity contribution is 5.66. The van der Waals surface area contributed by atoms with Crippen LogP contribution in [0, 0.1) is 0 Å². The van der Waals surface area contributed by atoms with Crippen molar-refractivity contribution in [2.45, 2.75) is 6.17 Å². The molecule has 2 aliphatic rings. The van der Waals surface area contributed by atoms with Crippen molar-refractivity contribution in [3.63, 3.8) is 0 Å². The second kappa shape index (κ2) is 0.295. The Morgan fingerprint density at radius 3 is 2.80 bits per heavy atom. The Morgan fingerprint density at radius 1 is 2.00 bits per heavy atom. The maximum atomic E-state index is 3.94. The van der Waals surface area contributed by atoms with Crippen LogP contribution in [-0.4, -0.2) is 23.9 Å². The maximum absolute atomic E-state index is 3.94. The second-order valence-corrected chi connectivity index (χ2v) is 1.44. The number of nitrogens with zero attached hydrogens (tertiary/aromatic N) is 2. The van der Waals surface area contributed by atoms with Gasteiger partial charge >= 0.3 is 0 Å². The van der Waals surface area contributed by atoms with Crippen LogP contribution in [0.4, 0.5) is 0 Å². The van der Waals surface area contributed by atoms with Gasteiger partial charge < -0.3 is 4.90 Å². The van der Waals surface area contributed by atoms with Gasteiger partial charge in [0.1, 0.15) is 6.17 Å². The second-order valence-electron chi connectivity index (χ2n) is 1.44. The van der Waals surface area contributed by atoms with Crippen molar-refractivity contribution in [2.24, 2.45) is 4.99 Å². The predicted molar refractivity (Wildman–Crippen MR) is 19.0 cm³/mol. The fourth-order valence-electron chi connectivity index (χ4n) is 0.491. The molecule has 0 radical (unpaired) electrons. The van der Waals surface area contributed by atoms with Crippen LogP contribution in [0.5, 0.6) is 0 Å². The standard InChI is InChI=1S/C3H4N2/c1-3-4-2-5(1)3/h2-3H,1H2. The van der Waals surface area contributed by atoms with Crippen molar-refractivity contribution in [3.8, 4) is 0 Å². The van der Waals surface area contributed by atoms with Crippen molar-refractivity contribution in [1.29, 1.82) is 0 Å². The van der Waals surface area contributed by atoms with E-state index in [2.05, 4.69) is 9.89 Å². The highest BCUT2D eigenvalue weighted by Gasteiger charge is 2.37. The Hall–Kier alpha value is -0.530. The third kappa shape index (κ3) is 0.0684. The van der Waals surface area contributed by atoms with Crippen LogP contribution >= 0.6 is 0 Å². The first kappa shape index (κ1) is 1.80. The molecule has 2 aliphatic heterocycles. The maximum Gasteiger partial charge on any atom is 0.141 e. The summed E-state index contributed by atoms with van der Waals surface area (Å²) in [6.07, 6.45) is 2.51. The van der Waals surface area contributed by atoms with Crippen LogP contribution < -0.4 is 0 Å². The zero-order chi connectivity index (χ0) is 3.28. The van der Waals surface area contributed by atoms with E-state index in [0.717, 1.165) is 0 Å². The highest BCUT2D eigenvalue weighted by Crippen LogP contribution is 2.22. The summed E-state index contributed by atoms with van der Waals surface area (Å²) < 4.78 is 0. The van der Waals surface area contributed by atoms with Crippen LogP contribution in [0.3, 0.4) is 0 Å². The zero-order valence-electron chi connectivity index (χ0n) is 2.76. The molecule has 0 spiro atoms. The van der Waals surface area contributed by atoms with E-state index in [1.807, 2.05) is 6.34 Å². The first-order valence-corrected chi connectivity index (χ1v) is 1.76. The van der Waals surface area contributed by atoms with Crippen LogP contribution in [0.15, 0.2) is 4.99 Å². The van der Waals surface area contributed by atoms with Gasteiger partial charge in [-0.3, -0.25) is 0 Å². The normalized spacial score (nSPS) is 40.0. The van der Waals surface area contributed by atoms with Gasteiger partial charge in [-0.2, -0.15) is 0 Å². The molecule has 0 aromatic rings. The molecule has 1 saturated heterocycles. The zero-order valence-corrected chi connectivity index (χ0v) is 2.76. The Morgan fingerprint density at radius 2 is 2.80 bits per heavy atom. The van der Waals surface area contributed by atoms with Crippen molar-refractivity contribution >= 4 is 6.34 Å². The molecule has 1 fully saturated rings. The Bertz CT molecular complexity index is 76.9. The lowest BCUT2D eigenvalue weighted by atomic mass is 10.8. The number of hydrogen-bond donors (Lipinski definition) is 0. The average Bonchev–Trinajstić information content (AvgIpc) is 1.74. The van der Waals surface area contributed by atoms with E-state index >= 15 is 0 Å². The first-order chi connectivity index (χ1) is 2.47. The number of aliphatic imine (C=N–C) groups is 1. The van der Waals surface area contributed by atoms with Crippen LogP contribution in [-0.2, 0) is 0 Å². The van der Waals surface area contributed by atoms with Gasteiger partial charge in [0.2, 0.25) is 0 Å². The van der Waals surface area contributed by atoms with Gasteiger partial charge in [0.15, 0.2) is 0 Å². The van der Waals surface area contributed by atoms with E-state index in [1.54, 1.807) is 0 Å². The lowest BCUT2D eigenvalue weighted by Crippen LogP contribution is -2.05. The van der Waals surface area contributed by atoms with Crippen molar-refractivity contribution < 1.29 is 0 Å². The monoisotopic (exact) mass is 68.0 g/mol. The predicted octanol–water partition coefficient (Wildman–Crippen LogP) is -0.330. The van der Waals surface area contributed by atoms with Crippen molar-refractivity contribution in [2.75, 3.05) is 6.54 Å². The minimum absolute atomic E-state index is 0.634. The fourth-order valence-corrected chi connectivity index (χ4v) is 0.491. The van der Waals surface area contributed by atoms with Crippen LogP contribution in [0.1, 0.15) is 0 Å². The molecule has 0 N–H and O–H groups in total.